The molecule has 0 saturated heterocycles. The first-order valence-electron chi connectivity index (χ1n) is 4.64. The van der Waals surface area contributed by atoms with Crippen LogP contribution < -0.4 is 5.73 Å². The first-order valence-corrected chi connectivity index (χ1v) is 5.81. The Bertz CT molecular complexity index is 491. The monoisotopic (exact) mass is 300 g/mol. The van der Waals surface area contributed by atoms with Gasteiger partial charge in [-0.2, -0.15) is 0 Å². The van der Waals surface area contributed by atoms with E-state index >= 15 is 0 Å². The van der Waals surface area contributed by atoms with Gasteiger partial charge in [-0.3, -0.25) is 4.68 Å². The minimum atomic E-state index is -0.282. The Labute approximate surface area is 107 Å². The van der Waals surface area contributed by atoms with Gasteiger partial charge in [-0.05, 0) is 23.8 Å². The SMILES string of the molecule is Cn1nncc1C(N)c1cc(Cl)cc(Br)c1. The predicted octanol–water partition coefficient (Wildman–Crippen LogP) is 2.28. The molecule has 1 aromatic carbocycles. The fraction of sp³-hybridized carbons (Fsp3) is 0.200. The number of hydrogen-bond acceptors (Lipinski definition) is 3. The van der Waals surface area contributed by atoms with Crippen molar-refractivity contribution in [2.75, 3.05) is 0 Å². The summed E-state index contributed by atoms with van der Waals surface area (Å²) in [5, 5.41) is 8.30. The topological polar surface area (TPSA) is 56.7 Å². The number of aryl methyl sites for hydroxylation is 1. The summed E-state index contributed by atoms with van der Waals surface area (Å²) in [6.07, 6.45) is 1.65. The Morgan fingerprint density at radius 2 is 2.19 bits per heavy atom. The summed E-state index contributed by atoms with van der Waals surface area (Å²) < 4.78 is 2.56. The average Bonchev–Trinajstić information content (AvgIpc) is 2.62. The van der Waals surface area contributed by atoms with E-state index in [1.54, 1.807) is 10.9 Å². The molecule has 6 heteroatoms. The van der Waals surface area contributed by atoms with Crippen LogP contribution in [0.3, 0.4) is 0 Å². The quantitative estimate of drug-likeness (QED) is 0.926. The van der Waals surface area contributed by atoms with Crippen LogP contribution in [0.2, 0.25) is 5.02 Å². The van der Waals surface area contributed by atoms with E-state index in [0.29, 0.717) is 5.02 Å². The molecule has 0 amide bonds. The molecule has 0 fully saturated rings. The lowest BCUT2D eigenvalue weighted by Crippen LogP contribution is -2.15. The Kier molecular flexibility index (Phi) is 3.28. The van der Waals surface area contributed by atoms with Crippen LogP contribution >= 0.6 is 27.5 Å². The summed E-state index contributed by atoms with van der Waals surface area (Å²) >= 11 is 9.36. The van der Waals surface area contributed by atoms with Gasteiger partial charge >= 0.3 is 0 Å². The summed E-state index contributed by atoms with van der Waals surface area (Å²) in [6, 6.07) is 5.31. The lowest BCUT2D eigenvalue weighted by atomic mass is 10.1. The van der Waals surface area contributed by atoms with Crippen molar-refractivity contribution < 1.29 is 0 Å². The number of nitrogens with zero attached hydrogens (tertiary/aromatic N) is 3. The van der Waals surface area contributed by atoms with Gasteiger partial charge in [-0.25, -0.2) is 0 Å². The fourth-order valence-corrected chi connectivity index (χ4v) is 2.39. The third-order valence-corrected chi connectivity index (χ3v) is 2.99. The van der Waals surface area contributed by atoms with E-state index in [2.05, 4.69) is 26.2 Å². The highest BCUT2D eigenvalue weighted by atomic mass is 79.9. The van der Waals surface area contributed by atoms with E-state index in [9.17, 15) is 0 Å². The van der Waals surface area contributed by atoms with Crippen molar-refractivity contribution in [3.05, 3.63) is 45.1 Å². The zero-order valence-electron chi connectivity index (χ0n) is 8.56. The van der Waals surface area contributed by atoms with E-state index in [0.717, 1.165) is 15.7 Å². The second-order valence-corrected chi connectivity index (χ2v) is 4.82. The van der Waals surface area contributed by atoms with Crippen LogP contribution in [0, 0.1) is 0 Å². The zero-order valence-corrected chi connectivity index (χ0v) is 10.9. The highest BCUT2D eigenvalue weighted by Crippen LogP contribution is 2.25. The molecule has 84 valence electrons. The fourth-order valence-electron chi connectivity index (χ4n) is 1.50. The summed E-state index contributed by atoms with van der Waals surface area (Å²) in [5.41, 5.74) is 7.88. The Morgan fingerprint density at radius 1 is 1.44 bits per heavy atom. The Balaban J connectivity index is 2.41. The minimum absolute atomic E-state index is 0.282. The maximum absolute atomic E-state index is 6.12. The van der Waals surface area contributed by atoms with Gasteiger partial charge in [0.05, 0.1) is 17.9 Å². The van der Waals surface area contributed by atoms with Gasteiger partial charge in [0.25, 0.3) is 0 Å². The van der Waals surface area contributed by atoms with Crippen LogP contribution in [0.25, 0.3) is 0 Å². The molecule has 0 aliphatic carbocycles. The third kappa shape index (κ3) is 2.26. The molecular weight excluding hydrogens is 291 g/mol. The molecule has 2 N–H and O–H groups in total. The third-order valence-electron chi connectivity index (χ3n) is 2.31. The maximum atomic E-state index is 6.12. The molecule has 16 heavy (non-hydrogen) atoms. The Morgan fingerprint density at radius 3 is 2.75 bits per heavy atom. The van der Waals surface area contributed by atoms with Gasteiger partial charge in [0.2, 0.25) is 0 Å². The molecule has 1 unspecified atom stereocenters. The van der Waals surface area contributed by atoms with Crippen LogP contribution in [0.4, 0.5) is 0 Å². The van der Waals surface area contributed by atoms with Gasteiger partial charge in [0.15, 0.2) is 0 Å². The van der Waals surface area contributed by atoms with E-state index in [1.165, 1.54) is 0 Å². The van der Waals surface area contributed by atoms with Crippen molar-refractivity contribution in [3.8, 4) is 0 Å². The van der Waals surface area contributed by atoms with E-state index < -0.39 is 0 Å². The summed E-state index contributed by atoms with van der Waals surface area (Å²) in [6.45, 7) is 0. The molecule has 2 aromatic rings. The normalized spacial score (nSPS) is 12.8. The number of aromatic nitrogens is 3. The molecule has 1 aromatic heterocycles. The molecule has 0 aliphatic rings. The summed E-state index contributed by atoms with van der Waals surface area (Å²) in [7, 11) is 1.81. The van der Waals surface area contributed by atoms with Crippen molar-refractivity contribution in [2.45, 2.75) is 6.04 Å². The molecule has 2 rings (SSSR count). The molecule has 0 saturated carbocycles. The molecule has 1 atom stereocenters. The number of benzene rings is 1. The standard InChI is InChI=1S/C10H10BrClN4/c1-16-9(5-14-15-16)10(13)6-2-7(11)4-8(12)3-6/h2-5,10H,13H2,1H3. The van der Waals surface area contributed by atoms with Crippen LogP contribution in [-0.4, -0.2) is 15.0 Å². The van der Waals surface area contributed by atoms with Crippen molar-refractivity contribution >= 4 is 27.5 Å². The van der Waals surface area contributed by atoms with Gasteiger partial charge < -0.3 is 5.73 Å². The number of halogens is 2. The minimum Gasteiger partial charge on any atom is -0.319 e. The molecule has 0 radical (unpaired) electrons. The van der Waals surface area contributed by atoms with E-state index in [1.807, 2.05) is 25.2 Å². The smallest absolute Gasteiger partial charge is 0.0796 e. The Hall–Kier alpha value is -0.910. The first kappa shape index (κ1) is 11.6. The van der Waals surface area contributed by atoms with Crippen molar-refractivity contribution in [1.82, 2.24) is 15.0 Å². The first-order chi connectivity index (χ1) is 7.58. The lowest BCUT2D eigenvalue weighted by molar-refractivity contribution is 0.651. The molecule has 4 nitrogen and oxygen atoms in total. The maximum Gasteiger partial charge on any atom is 0.0796 e. The van der Waals surface area contributed by atoms with Crippen molar-refractivity contribution in [2.24, 2.45) is 12.8 Å². The van der Waals surface area contributed by atoms with E-state index in [-0.39, 0.29) is 6.04 Å². The zero-order chi connectivity index (χ0) is 11.7. The largest absolute Gasteiger partial charge is 0.319 e. The molecule has 0 aliphatic heterocycles. The summed E-state index contributed by atoms with van der Waals surface area (Å²) in [4.78, 5) is 0. The highest BCUT2D eigenvalue weighted by Gasteiger charge is 2.14. The van der Waals surface area contributed by atoms with Crippen molar-refractivity contribution in [1.29, 1.82) is 0 Å². The number of hydrogen-bond donors (Lipinski definition) is 1. The van der Waals surface area contributed by atoms with Crippen LogP contribution in [0.15, 0.2) is 28.9 Å². The van der Waals surface area contributed by atoms with E-state index in [4.69, 9.17) is 17.3 Å². The predicted molar refractivity (Wildman–Crippen MR) is 66.2 cm³/mol. The molecule has 0 spiro atoms. The van der Waals surface area contributed by atoms with Gasteiger partial charge in [-0.1, -0.05) is 32.7 Å². The van der Waals surface area contributed by atoms with Crippen LogP contribution in [-0.2, 0) is 7.05 Å². The highest BCUT2D eigenvalue weighted by molar-refractivity contribution is 9.10. The lowest BCUT2D eigenvalue weighted by Gasteiger charge is -2.12. The molecular formula is C10H10BrClN4. The molecule has 0 bridgehead atoms. The van der Waals surface area contributed by atoms with Gasteiger partial charge in [0, 0.05) is 16.5 Å². The van der Waals surface area contributed by atoms with Gasteiger partial charge in [-0.15, -0.1) is 5.10 Å². The number of rotatable bonds is 2. The second kappa shape index (κ2) is 4.53. The molecule has 1 heterocycles. The second-order valence-electron chi connectivity index (χ2n) is 3.46. The van der Waals surface area contributed by atoms with Crippen LogP contribution in [0.5, 0.6) is 0 Å². The summed E-state index contributed by atoms with van der Waals surface area (Å²) in [5.74, 6) is 0. The van der Waals surface area contributed by atoms with Gasteiger partial charge in [0.1, 0.15) is 0 Å². The average molecular weight is 302 g/mol. The van der Waals surface area contributed by atoms with Crippen LogP contribution in [0.1, 0.15) is 17.3 Å². The number of nitrogens with two attached hydrogens (primary N) is 1. The van der Waals surface area contributed by atoms with Crippen molar-refractivity contribution in [3.63, 3.8) is 0 Å².